The minimum absolute atomic E-state index is 0.0449. The molecule has 0 aliphatic carbocycles. The number of hydrogen-bond acceptors (Lipinski definition) is 4. The molecule has 0 bridgehead atoms. The van der Waals surface area contributed by atoms with Gasteiger partial charge in [0.05, 0.1) is 0 Å². The maximum absolute atomic E-state index is 12.9. The van der Waals surface area contributed by atoms with Gasteiger partial charge in [-0.05, 0) is 37.8 Å². The number of aryl methyl sites for hydroxylation is 2. The Morgan fingerprint density at radius 2 is 1.96 bits per heavy atom. The lowest BCUT2D eigenvalue weighted by Gasteiger charge is -2.44. The van der Waals surface area contributed by atoms with Crippen LogP contribution in [0.15, 0.2) is 10.5 Å². The molecule has 2 aliphatic rings. The van der Waals surface area contributed by atoms with E-state index in [1.807, 2.05) is 11.0 Å². The number of carbonyl (C=O) groups excluding carboxylic acids is 1. The first-order chi connectivity index (χ1) is 11.6. The summed E-state index contributed by atoms with van der Waals surface area (Å²) in [5.41, 5.74) is 1.16. The third-order valence-corrected chi connectivity index (χ3v) is 5.44. The summed E-state index contributed by atoms with van der Waals surface area (Å²) in [5, 5.41) is 0. The van der Waals surface area contributed by atoms with Crippen molar-refractivity contribution in [2.45, 2.75) is 58.5 Å². The first kappa shape index (κ1) is 17.5. The second-order valence-electron chi connectivity index (χ2n) is 6.95. The molecule has 0 aromatic carbocycles. The van der Waals surface area contributed by atoms with Gasteiger partial charge in [0.2, 0.25) is 0 Å². The number of amides is 1. The summed E-state index contributed by atoms with van der Waals surface area (Å²) < 4.78 is 11.3. The molecule has 2 saturated heterocycles. The lowest BCUT2D eigenvalue weighted by molar-refractivity contribution is -0.000152. The molecular formula is C19H30N2O3. The summed E-state index contributed by atoms with van der Waals surface area (Å²) >= 11 is 0. The van der Waals surface area contributed by atoms with Crippen LogP contribution in [0.1, 0.15) is 55.5 Å². The summed E-state index contributed by atoms with van der Waals surface area (Å²) in [4.78, 5) is 17.4. The molecule has 3 heterocycles. The molecule has 2 aliphatic heterocycles. The summed E-state index contributed by atoms with van der Waals surface area (Å²) in [6.07, 6.45) is 3.97. The highest BCUT2D eigenvalue weighted by Crippen LogP contribution is 2.23. The fourth-order valence-corrected chi connectivity index (χ4v) is 3.98. The van der Waals surface area contributed by atoms with Crippen LogP contribution in [0.5, 0.6) is 0 Å². The van der Waals surface area contributed by atoms with E-state index in [4.69, 9.17) is 9.15 Å². The van der Waals surface area contributed by atoms with Crippen molar-refractivity contribution >= 4 is 5.91 Å². The van der Waals surface area contributed by atoms with Crippen molar-refractivity contribution in [1.82, 2.24) is 9.80 Å². The van der Waals surface area contributed by atoms with Crippen LogP contribution < -0.4 is 0 Å². The van der Waals surface area contributed by atoms with Gasteiger partial charge in [0.25, 0.3) is 5.91 Å². The molecule has 0 spiro atoms. The number of rotatable bonds is 4. The zero-order valence-corrected chi connectivity index (χ0v) is 15.2. The summed E-state index contributed by atoms with van der Waals surface area (Å²) in [7, 11) is 0. The Bertz CT molecular complexity index is 541. The Labute approximate surface area is 144 Å². The van der Waals surface area contributed by atoms with E-state index in [2.05, 4.69) is 25.7 Å². The van der Waals surface area contributed by atoms with Gasteiger partial charge in [0.1, 0.15) is 5.76 Å². The second-order valence-corrected chi connectivity index (χ2v) is 6.95. The predicted molar refractivity (Wildman–Crippen MR) is 93.4 cm³/mol. The first-order valence-electron chi connectivity index (χ1n) is 9.38. The number of nitrogens with zero attached hydrogens (tertiary/aromatic N) is 2. The number of ether oxygens (including phenoxy) is 1. The van der Waals surface area contributed by atoms with E-state index in [0.29, 0.717) is 11.8 Å². The van der Waals surface area contributed by atoms with E-state index in [1.165, 1.54) is 0 Å². The van der Waals surface area contributed by atoms with Gasteiger partial charge < -0.3 is 14.1 Å². The molecule has 1 aromatic rings. The third kappa shape index (κ3) is 3.52. The maximum atomic E-state index is 12.9. The van der Waals surface area contributed by atoms with Crippen molar-refractivity contribution in [2.75, 3.05) is 32.8 Å². The van der Waals surface area contributed by atoms with Crippen molar-refractivity contribution in [3.63, 3.8) is 0 Å². The zero-order valence-electron chi connectivity index (χ0n) is 15.2. The van der Waals surface area contributed by atoms with Crippen LogP contribution in [-0.2, 0) is 17.6 Å². The number of carbonyl (C=O) groups is 1. The lowest BCUT2D eigenvalue weighted by atomic mass is 10.0. The third-order valence-electron chi connectivity index (χ3n) is 5.44. The first-order valence-corrected chi connectivity index (χ1v) is 9.38. The van der Waals surface area contributed by atoms with Crippen LogP contribution in [0.2, 0.25) is 0 Å². The summed E-state index contributed by atoms with van der Waals surface area (Å²) in [5.74, 6) is 1.51. The minimum Gasteiger partial charge on any atom is -0.456 e. The van der Waals surface area contributed by atoms with Gasteiger partial charge in [-0.15, -0.1) is 0 Å². The smallest absolute Gasteiger partial charge is 0.289 e. The lowest BCUT2D eigenvalue weighted by Crippen LogP contribution is -2.57. The van der Waals surface area contributed by atoms with Gasteiger partial charge >= 0.3 is 0 Å². The normalized spacial score (nSPS) is 23.6. The molecule has 1 aromatic heterocycles. The van der Waals surface area contributed by atoms with Crippen LogP contribution in [-0.4, -0.2) is 60.6 Å². The second kappa shape index (κ2) is 7.70. The van der Waals surface area contributed by atoms with Crippen molar-refractivity contribution < 1.29 is 13.9 Å². The summed E-state index contributed by atoms with van der Waals surface area (Å²) in [6, 6.07) is 2.77. The minimum atomic E-state index is 0.0449. The van der Waals surface area contributed by atoms with E-state index < -0.39 is 0 Å². The highest BCUT2D eigenvalue weighted by molar-refractivity contribution is 5.92. The Kier molecular flexibility index (Phi) is 5.61. The van der Waals surface area contributed by atoms with Gasteiger partial charge in [-0.1, -0.05) is 13.8 Å². The molecule has 1 amide bonds. The molecule has 5 heteroatoms. The van der Waals surface area contributed by atoms with Gasteiger partial charge in [0.15, 0.2) is 5.76 Å². The fraction of sp³-hybridized carbons (Fsp3) is 0.737. The van der Waals surface area contributed by atoms with Crippen molar-refractivity contribution in [2.24, 2.45) is 0 Å². The van der Waals surface area contributed by atoms with Gasteiger partial charge in [-0.2, -0.15) is 0 Å². The molecule has 134 valence electrons. The van der Waals surface area contributed by atoms with E-state index in [1.54, 1.807) is 0 Å². The fourth-order valence-electron chi connectivity index (χ4n) is 3.98. The molecule has 0 N–H and O–H groups in total. The predicted octanol–water partition coefficient (Wildman–Crippen LogP) is 2.73. The average molecular weight is 334 g/mol. The monoisotopic (exact) mass is 334 g/mol. The number of furan rings is 1. The molecule has 0 saturated carbocycles. The summed E-state index contributed by atoms with van der Waals surface area (Å²) in [6.45, 7) is 10.7. The molecule has 5 nitrogen and oxygen atoms in total. The molecule has 0 unspecified atom stereocenters. The molecule has 3 rings (SSSR count). The van der Waals surface area contributed by atoms with Crippen molar-refractivity contribution in [3.05, 3.63) is 23.2 Å². The SMILES string of the molecule is CCc1cc(C(=O)N2CCN(C3CCOCC3)C[C@@H]2C)oc1CC. The van der Waals surface area contributed by atoms with Crippen LogP contribution in [0, 0.1) is 0 Å². The Hall–Kier alpha value is -1.33. The van der Waals surface area contributed by atoms with Gasteiger partial charge in [-0.25, -0.2) is 0 Å². The van der Waals surface area contributed by atoms with E-state index in [-0.39, 0.29) is 11.9 Å². The topological polar surface area (TPSA) is 45.9 Å². The van der Waals surface area contributed by atoms with Gasteiger partial charge in [0, 0.05) is 51.4 Å². The maximum Gasteiger partial charge on any atom is 0.289 e. The van der Waals surface area contributed by atoms with Crippen LogP contribution in [0.25, 0.3) is 0 Å². The van der Waals surface area contributed by atoms with Crippen LogP contribution in [0.3, 0.4) is 0 Å². The zero-order chi connectivity index (χ0) is 17.1. The highest BCUT2D eigenvalue weighted by atomic mass is 16.5. The van der Waals surface area contributed by atoms with Crippen molar-refractivity contribution in [1.29, 1.82) is 0 Å². The molecule has 1 atom stereocenters. The quantitative estimate of drug-likeness (QED) is 0.849. The molecule has 2 fully saturated rings. The van der Waals surface area contributed by atoms with Crippen LogP contribution >= 0.6 is 0 Å². The Morgan fingerprint density at radius 1 is 1.21 bits per heavy atom. The van der Waals surface area contributed by atoms with E-state index in [0.717, 1.165) is 69.9 Å². The van der Waals surface area contributed by atoms with E-state index in [9.17, 15) is 4.79 Å². The molecule has 0 radical (unpaired) electrons. The molecular weight excluding hydrogens is 304 g/mol. The standard InChI is InChI=1S/C19H30N2O3/c1-4-15-12-18(24-17(15)5-2)19(22)21-9-8-20(13-14(21)3)16-6-10-23-11-7-16/h12,14,16H,4-11,13H2,1-3H3/t14-/m0/s1. The average Bonchev–Trinajstić information content (AvgIpc) is 3.05. The van der Waals surface area contributed by atoms with Gasteiger partial charge in [-0.3, -0.25) is 9.69 Å². The van der Waals surface area contributed by atoms with Crippen LogP contribution in [0.4, 0.5) is 0 Å². The molecule has 24 heavy (non-hydrogen) atoms. The Balaban J connectivity index is 1.65. The number of hydrogen-bond donors (Lipinski definition) is 0. The Morgan fingerprint density at radius 3 is 2.54 bits per heavy atom. The van der Waals surface area contributed by atoms with E-state index >= 15 is 0 Å². The highest BCUT2D eigenvalue weighted by Gasteiger charge is 2.33. The van der Waals surface area contributed by atoms with Crippen molar-refractivity contribution in [3.8, 4) is 0 Å². The number of piperazine rings is 1. The largest absolute Gasteiger partial charge is 0.456 e.